The Labute approximate surface area is 175 Å². The summed E-state index contributed by atoms with van der Waals surface area (Å²) in [6.45, 7) is 0.355. The average Bonchev–Trinajstić information content (AvgIpc) is 3.19. The van der Waals surface area contributed by atoms with E-state index < -0.39 is 0 Å². The minimum Gasteiger partial charge on any atom is -0.493 e. The molecule has 2 aromatic carbocycles. The molecule has 4 aromatic rings. The third-order valence-corrected chi connectivity index (χ3v) is 4.91. The van der Waals surface area contributed by atoms with Gasteiger partial charge in [0.15, 0.2) is 17.3 Å². The number of rotatable bonds is 6. The van der Waals surface area contributed by atoms with Gasteiger partial charge in [0, 0.05) is 29.5 Å². The second kappa shape index (κ2) is 8.36. The Hall–Kier alpha value is -3.32. The summed E-state index contributed by atoms with van der Waals surface area (Å²) in [6.07, 6.45) is 3.41. The highest BCUT2D eigenvalue weighted by Crippen LogP contribution is 2.32. The molecule has 0 unspecified atom stereocenters. The molecule has 0 aliphatic rings. The lowest BCUT2D eigenvalue weighted by Gasteiger charge is -2.12. The van der Waals surface area contributed by atoms with Gasteiger partial charge in [0.2, 0.25) is 0 Å². The van der Waals surface area contributed by atoms with Crippen LogP contribution in [0.25, 0.3) is 11.0 Å². The fourth-order valence-corrected chi connectivity index (χ4v) is 3.30. The van der Waals surface area contributed by atoms with Crippen LogP contribution in [0.15, 0.2) is 75.9 Å². The Morgan fingerprint density at radius 1 is 1.10 bits per heavy atom. The summed E-state index contributed by atoms with van der Waals surface area (Å²) in [5.41, 5.74) is 2.18. The van der Waals surface area contributed by atoms with E-state index >= 15 is 0 Å². The lowest BCUT2D eigenvalue weighted by atomic mass is 10.2. The number of carbonyl (C=O) groups is 1. The Morgan fingerprint density at radius 2 is 1.93 bits per heavy atom. The van der Waals surface area contributed by atoms with E-state index in [1.807, 2.05) is 30.3 Å². The lowest BCUT2D eigenvalue weighted by Crippen LogP contribution is -2.11. The highest BCUT2D eigenvalue weighted by atomic mass is 79.9. The normalized spacial score (nSPS) is 10.7. The molecule has 29 heavy (non-hydrogen) atoms. The molecule has 1 amide bonds. The zero-order valence-corrected chi connectivity index (χ0v) is 17.1. The van der Waals surface area contributed by atoms with Crippen LogP contribution in [-0.4, -0.2) is 18.0 Å². The van der Waals surface area contributed by atoms with Crippen LogP contribution < -0.4 is 14.8 Å². The molecule has 6 nitrogen and oxygen atoms in total. The number of halogens is 1. The van der Waals surface area contributed by atoms with Crippen molar-refractivity contribution in [2.75, 3.05) is 12.4 Å². The van der Waals surface area contributed by atoms with Gasteiger partial charge in [-0.15, -0.1) is 0 Å². The van der Waals surface area contributed by atoms with E-state index in [9.17, 15) is 4.79 Å². The monoisotopic (exact) mass is 452 g/mol. The number of hydrogen-bond acceptors (Lipinski definition) is 5. The van der Waals surface area contributed by atoms with Crippen molar-refractivity contribution in [3.8, 4) is 11.5 Å². The van der Waals surface area contributed by atoms with Gasteiger partial charge < -0.3 is 19.2 Å². The number of ether oxygens (including phenoxy) is 2. The molecular weight excluding hydrogens is 436 g/mol. The fraction of sp³-hybridized carbons (Fsp3) is 0.0909. The van der Waals surface area contributed by atoms with Gasteiger partial charge in [-0.3, -0.25) is 9.78 Å². The van der Waals surface area contributed by atoms with Gasteiger partial charge in [0.1, 0.15) is 12.2 Å². The highest BCUT2D eigenvalue weighted by Gasteiger charge is 2.15. The quantitative estimate of drug-likeness (QED) is 0.422. The van der Waals surface area contributed by atoms with E-state index in [0.717, 1.165) is 15.4 Å². The van der Waals surface area contributed by atoms with Crippen LogP contribution >= 0.6 is 15.9 Å². The van der Waals surface area contributed by atoms with Gasteiger partial charge in [-0.2, -0.15) is 0 Å². The first-order valence-corrected chi connectivity index (χ1v) is 9.62. The van der Waals surface area contributed by atoms with Crippen LogP contribution in [0.3, 0.4) is 0 Å². The Bertz CT molecular complexity index is 1160. The molecule has 2 aromatic heterocycles. The van der Waals surface area contributed by atoms with Crippen molar-refractivity contribution in [1.82, 2.24) is 4.98 Å². The molecule has 0 aliphatic heterocycles. The minimum absolute atomic E-state index is 0.224. The summed E-state index contributed by atoms with van der Waals surface area (Å²) in [5.74, 6) is 0.972. The van der Waals surface area contributed by atoms with Crippen molar-refractivity contribution in [2.24, 2.45) is 0 Å². The molecule has 0 radical (unpaired) electrons. The molecule has 2 heterocycles. The summed E-state index contributed by atoms with van der Waals surface area (Å²) in [5, 5.41) is 3.68. The zero-order valence-electron chi connectivity index (χ0n) is 15.5. The third-order valence-electron chi connectivity index (χ3n) is 4.29. The van der Waals surface area contributed by atoms with Crippen LogP contribution in [0.1, 0.15) is 16.1 Å². The molecule has 0 bridgehead atoms. The van der Waals surface area contributed by atoms with Crippen LogP contribution in [-0.2, 0) is 6.61 Å². The predicted molar refractivity (Wildman–Crippen MR) is 113 cm³/mol. The number of benzene rings is 2. The van der Waals surface area contributed by atoms with Crippen molar-refractivity contribution in [3.05, 3.63) is 82.8 Å². The SMILES string of the molecule is COc1ccc(NC(=O)c2cc3cccc(Br)c3o2)cc1OCc1ccncc1. The topological polar surface area (TPSA) is 73.6 Å². The van der Waals surface area contributed by atoms with Gasteiger partial charge in [0.25, 0.3) is 5.91 Å². The van der Waals surface area contributed by atoms with E-state index in [1.54, 1.807) is 43.8 Å². The molecule has 0 fully saturated rings. The first-order chi connectivity index (χ1) is 14.1. The van der Waals surface area contributed by atoms with Gasteiger partial charge in [-0.05, 0) is 57.9 Å². The van der Waals surface area contributed by atoms with E-state index in [4.69, 9.17) is 13.9 Å². The highest BCUT2D eigenvalue weighted by molar-refractivity contribution is 9.10. The van der Waals surface area contributed by atoms with Crippen molar-refractivity contribution >= 4 is 38.5 Å². The predicted octanol–water partition coefficient (Wildman–Crippen LogP) is 5.43. The molecule has 0 saturated heterocycles. The van der Waals surface area contributed by atoms with Crippen molar-refractivity contribution in [2.45, 2.75) is 6.61 Å². The average molecular weight is 453 g/mol. The number of furan rings is 1. The number of aromatic nitrogens is 1. The van der Waals surface area contributed by atoms with Crippen molar-refractivity contribution in [3.63, 3.8) is 0 Å². The number of nitrogens with zero attached hydrogens (tertiary/aromatic N) is 1. The van der Waals surface area contributed by atoms with E-state index in [-0.39, 0.29) is 11.7 Å². The van der Waals surface area contributed by atoms with E-state index in [1.165, 1.54) is 0 Å². The maximum atomic E-state index is 12.6. The maximum Gasteiger partial charge on any atom is 0.291 e. The van der Waals surface area contributed by atoms with Gasteiger partial charge in [-0.25, -0.2) is 0 Å². The largest absolute Gasteiger partial charge is 0.493 e. The molecule has 1 N–H and O–H groups in total. The van der Waals surface area contributed by atoms with Gasteiger partial charge in [0.05, 0.1) is 11.6 Å². The number of hydrogen-bond donors (Lipinski definition) is 1. The number of para-hydroxylation sites is 1. The number of fused-ring (bicyclic) bond motifs is 1. The molecular formula is C22H17BrN2O4. The second-order valence-electron chi connectivity index (χ2n) is 6.23. The van der Waals surface area contributed by atoms with Crippen LogP contribution in [0, 0.1) is 0 Å². The molecule has 4 rings (SSSR count). The summed E-state index contributed by atoms with van der Waals surface area (Å²) < 4.78 is 17.7. The maximum absolute atomic E-state index is 12.6. The van der Waals surface area contributed by atoms with Crippen molar-refractivity contribution in [1.29, 1.82) is 0 Å². The number of amides is 1. The number of nitrogens with one attached hydrogen (secondary N) is 1. The number of carbonyl (C=O) groups excluding carboxylic acids is 1. The Morgan fingerprint density at radius 3 is 2.69 bits per heavy atom. The van der Waals surface area contributed by atoms with Crippen molar-refractivity contribution < 1.29 is 18.7 Å². The number of pyridine rings is 1. The standard InChI is InChI=1S/C22H17BrN2O4/c1-27-18-6-5-16(12-19(18)28-13-14-7-9-24-10-8-14)25-22(26)20-11-15-3-2-4-17(23)21(15)29-20/h2-12H,13H2,1H3,(H,25,26). The lowest BCUT2D eigenvalue weighted by molar-refractivity contribution is 0.0998. The number of anilines is 1. The van der Waals surface area contributed by atoms with Crippen LogP contribution in [0.4, 0.5) is 5.69 Å². The van der Waals surface area contributed by atoms with Crippen LogP contribution in [0.2, 0.25) is 0 Å². The summed E-state index contributed by atoms with van der Waals surface area (Å²) in [6, 6.07) is 16.3. The molecule has 0 atom stereocenters. The first kappa shape index (κ1) is 19.0. The molecule has 0 saturated carbocycles. The summed E-state index contributed by atoms with van der Waals surface area (Å²) >= 11 is 3.43. The second-order valence-corrected chi connectivity index (χ2v) is 7.09. The minimum atomic E-state index is -0.349. The fourth-order valence-electron chi connectivity index (χ4n) is 2.84. The number of methoxy groups -OCH3 is 1. The first-order valence-electron chi connectivity index (χ1n) is 8.83. The van der Waals surface area contributed by atoms with Crippen LogP contribution in [0.5, 0.6) is 11.5 Å². The smallest absolute Gasteiger partial charge is 0.291 e. The van der Waals surface area contributed by atoms with Gasteiger partial charge >= 0.3 is 0 Å². The molecule has 7 heteroatoms. The molecule has 0 spiro atoms. The zero-order chi connectivity index (χ0) is 20.2. The molecule has 0 aliphatic carbocycles. The summed E-state index contributed by atoms with van der Waals surface area (Å²) in [4.78, 5) is 16.6. The Balaban J connectivity index is 1.53. The van der Waals surface area contributed by atoms with E-state index in [0.29, 0.717) is 29.4 Å². The Kier molecular flexibility index (Phi) is 5.48. The van der Waals surface area contributed by atoms with Gasteiger partial charge in [-0.1, -0.05) is 12.1 Å². The third kappa shape index (κ3) is 4.25. The summed E-state index contributed by atoms with van der Waals surface area (Å²) in [7, 11) is 1.57. The van der Waals surface area contributed by atoms with E-state index in [2.05, 4.69) is 26.2 Å². The molecule has 146 valence electrons.